The van der Waals surface area contributed by atoms with Crippen molar-refractivity contribution < 1.29 is 18.8 Å². The van der Waals surface area contributed by atoms with Crippen LogP contribution in [0.2, 0.25) is 0 Å². The van der Waals surface area contributed by atoms with E-state index in [1.165, 1.54) is 6.08 Å². The van der Waals surface area contributed by atoms with E-state index in [-0.39, 0.29) is 0 Å². The Kier molecular flexibility index (Phi) is 7.13. The Morgan fingerprint density at radius 1 is 1.23 bits per heavy atom. The lowest BCUT2D eigenvalue weighted by atomic mass is 10.2. The number of thiazole rings is 1. The minimum atomic E-state index is -0.408. The van der Waals surface area contributed by atoms with Gasteiger partial charge in [0.05, 0.1) is 30.5 Å². The summed E-state index contributed by atoms with van der Waals surface area (Å²) in [5.41, 5.74) is 2.88. The van der Waals surface area contributed by atoms with E-state index in [0.717, 1.165) is 39.0 Å². The minimum absolute atomic E-state index is 0.313. The van der Waals surface area contributed by atoms with Crippen molar-refractivity contribution in [3.63, 3.8) is 0 Å². The quantitative estimate of drug-likeness (QED) is 0.216. The number of aromatic nitrogens is 1. The van der Waals surface area contributed by atoms with Gasteiger partial charge >= 0.3 is 11.1 Å². The van der Waals surface area contributed by atoms with Crippen molar-refractivity contribution in [1.29, 1.82) is 0 Å². The van der Waals surface area contributed by atoms with Crippen LogP contribution in [-0.2, 0) is 16.6 Å². The number of carbonyl (C=O) groups excluding carboxylic acids is 1. The maximum atomic E-state index is 11.2. The number of likely N-dealkylation sites (N-methyl/N-ethyl adjacent to an activating group) is 1. The van der Waals surface area contributed by atoms with Gasteiger partial charge in [0.1, 0.15) is 23.6 Å². The normalized spacial score (nSPS) is 11.0. The number of hydrogen-bond acceptors (Lipinski definition) is 7. The zero-order valence-electron chi connectivity index (χ0n) is 17.4. The lowest BCUT2D eigenvalue weighted by molar-refractivity contribution is -0.627. The van der Waals surface area contributed by atoms with Crippen LogP contribution in [0.1, 0.15) is 6.92 Å². The molecule has 0 bridgehead atoms. The van der Waals surface area contributed by atoms with Crippen molar-refractivity contribution in [2.75, 3.05) is 31.7 Å². The molecule has 7 nitrogen and oxygen atoms in total. The second kappa shape index (κ2) is 9.98. The molecule has 2 aromatic carbocycles. The lowest BCUT2D eigenvalue weighted by Crippen LogP contribution is -2.27. The van der Waals surface area contributed by atoms with E-state index in [9.17, 15) is 4.79 Å². The van der Waals surface area contributed by atoms with Gasteiger partial charge in [-0.3, -0.25) is 0 Å². The first-order valence-corrected chi connectivity index (χ1v) is 10.4. The van der Waals surface area contributed by atoms with Crippen LogP contribution >= 0.6 is 11.3 Å². The molecule has 0 aliphatic carbocycles. The minimum Gasteiger partial charge on any atom is -0.497 e. The zero-order valence-corrected chi connectivity index (χ0v) is 18.2. The van der Waals surface area contributed by atoms with Crippen LogP contribution in [0.25, 0.3) is 10.2 Å². The summed E-state index contributed by atoms with van der Waals surface area (Å²) in [7, 11) is 3.63. The molecule has 0 amide bonds. The molecular formula is C22H25N4O3S+. The summed E-state index contributed by atoms with van der Waals surface area (Å²) in [5, 5.41) is 9.62. The second-order valence-corrected chi connectivity index (χ2v) is 7.45. The van der Waals surface area contributed by atoms with Crippen LogP contribution in [0.5, 0.6) is 5.75 Å². The van der Waals surface area contributed by atoms with Crippen molar-refractivity contribution >= 4 is 44.0 Å². The lowest BCUT2D eigenvalue weighted by Gasteiger charge is -2.22. The summed E-state index contributed by atoms with van der Waals surface area (Å²) in [6.45, 7) is 7.17. The number of rotatable bonds is 9. The first-order chi connectivity index (χ1) is 14.5. The number of azo groups is 1. The van der Waals surface area contributed by atoms with Gasteiger partial charge < -0.3 is 14.4 Å². The van der Waals surface area contributed by atoms with E-state index in [2.05, 4.69) is 28.6 Å². The van der Waals surface area contributed by atoms with Gasteiger partial charge in [-0.1, -0.05) is 6.58 Å². The van der Waals surface area contributed by atoms with Crippen LogP contribution < -0.4 is 14.2 Å². The van der Waals surface area contributed by atoms with Crippen LogP contribution in [0.15, 0.2) is 65.3 Å². The molecule has 0 aliphatic heterocycles. The number of carbonyl (C=O) groups is 1. The first-order valence-electron chi connectivity index (χ1n) is 9.58. The smallest absolute Gasteiger partial charge is 0.409 e. The number of hydrogen-bond donors (Lipinski definition) is 0. The maximum absolute atomic E-state index is 11.2. The number of aryl methyl sites for hydroxylation is 1. The molecule has 0 atom stereocenters. The van der Waals surface area contributed by atoms with E-state index in [0.29, 0.717) is 13.2 Å². The molecule has 3 rings (SSSR count). The SMILES string of the molecule is C=CC(=O)OCCN(CC)c1ccc(N=Nc2sc3cc(OC)ccc3[n+]2C)cc1. The number of fused-ring (bicyclic) bond motifs is 1. The monoisotopic (exact) mass is 425 g/mol. The van der Waals surface area contributed by atoms with Crippen molar-refractivity contribution in [1.82, 2.24) is 0 Å². The van der Waals surface area contributed by atoms with E-state index >= 15 is 0 Å². The molecule has 0 saturated heterocycles. The fourth-order valence-electron chi connectivity index (χ4n) is 2.95. The van der Waals surface area contributed by atoms with Gasteiger partial charge in [-0.2, -0.15) is 0 Å². The number of methoxy groups -OCH3 is 1. The largest absolute Gasteiger partial charge is 0.497 e. The number of benzene rings is 2. The van der Waals surface area contributed by atoms with Crippen molar-refractivity contribution in [3.8, 4) is 5.75 Å². The zero-order chi connectivity index (χ0) is 21.5. The van der Waals surface area contributed by atoms with Crippen LogP contribution in [0.4, 0.5) is 16.5 Å². The summed E-state index contributed by atoms with van der Waals surface area (Å²) in [6, 6.07) is 13.8. The van der Waals surface area contributed by atoms with E-state index < -0.39 is 5.97 Å². The number of esters is 1. The Morgan fingerprint density at radius 3 is 2.67 bits per heavy atom. The van der Waals surface area contributed by atoms with Gasteiger partial charge in [0.15, 0.2) is 0 Å². The van der Waals surface area contributed by atoms with E-state index in [4.69, 9.17) is 9.47 Å². The molecular weight excluding hydrogens is 400 g/mol. The van der Waals surface area contributed by atoms with Crippen molar-refractivity contribution in [2.45, 2.75) is 6.92 Å². The Balaban J connectivity index is 1.69. The van der Waals surface area contributed by atoms with Crippen molar-refractivity contribution in [2.24, 2.45) is 17.3 Å². The molecule has 0 N–H and O–H groups in total. The van der Waals surface area contributed by atoms with Gasteiger partial charge in [-0.15, -0.1) is 0 Å². The molecule has 0 unspecified atom stereocenters. The Bertz CT molecular complexity index is 1060. The summed E-state index contributed by atoms with van der Waals surface area (Å²) >= 11 is 1.56. The molecule has 1 heterocycles. The first kappa shape index (κ1) is 21.4. The predicted octanol–water partition coefficient (Wildman–Crippen LogP) is 4.71. The highest BCUT2D eigenvalue weighted by atomic mass is 32.1. The third kappa shape index (κ3) is 5.01. The van der Waals surface area contributed by atoms with Crippen molar-refractivity contribution in [3.05, 3.63) is 55.1 Å². The average molecular weight is 426 g/mol. The highest BCUT2D eigenvalue weighted by Gasteiger charge is 2.16. The molecule has 156 valence electrons. The van der Waals surface area contributed by atoms with Gasteiger partial charge in [0.2, 0.25) is 0 Å². The Hall–Kier alpha value is -3.26. The molecule has 30 heavy (non-hydrogen) atoms. The van der Waals surface area contributed by atoms with Crippen LogP contribution in [0.3, 0.4) is 0 Å². The fraction of sp³-hybridized carbons (Fsp3) is 0.273. The van der Waals surface area contributed by atoms with E-state index in [1.54, 1.807) is 18.4 Å². The maximum Gasteiger partial charge on any atom is 0.409 e. The highest BCUT2D eigenvalue weighted by molar-refractivity contribution is 7.21. The molecule has 1 aromatic heterocycles. The molecule has 8 heteroatoms. The van der Waals surface area contributed by atoms with Crippen LogP contribution in [0, 0.1) is 0 Å². The number of anilines is 1. The van der Waals surface area contributed by atoms with Gasteiger partial charge in [-0.05, 0) is 59.8 Å². The highest BCUT2D eigenvalue weighted by Crippen LogP contribution is 2.30. The third-order valence-electron chi connectivity index (χ3n) is 4.64. The summed E-state index contributed by atoms with van der Waals surface area (Å²) < 4.78 is 13.5. The van der Waals surface area contributed by atoms with Gasteiger partial charge in [-0.25, -0.2) is 9.36 Å². The molecule has 3 aromatic rings. The Labute approximate surface area is 179 Å². The summed E-state index contributed by atoms with van der Waals surface area (Å²) in [4.78, 5) is 13.3. The van der Waals surface area contributed by atoms with E-state index in [1.807, 2.05) is 54.1 Å². The number of ether oxygens (including phenoxy) is 2. The molecule has 0 fully saturated rings. The Morgan fingerprint density at radius 2 is 2.00 bits per heavy atom. The average Bonchev–Trinajstić information content (AvgIpc) is 3.10. The van der Waals surface area contributed by atoms with Gasteiger partial charge in [0, 0.05) is 24.4 Å². The number of nitrogens with zero attached hydrogens (tertiary/aromatic N) is 4. The summed E-state index contributed by atoms with van der Waals surface area (Å²) in [5.74, 6) is 0.415. The second-order valence-electron chi connectivity index (χ2n) is 6.44. The fourth-order valence-corrected chi connectivity index (χ4v) is 3.95. The standard InChI is InChI=1S/C22H25N4O3S/c1-5-21(27)29-14-13-26(6-2)17-9-7-16(8-10-17)23-24-22-25(3)19-12-11-18(28-4)15-20(19)30-22/h5,7-12,15H,1,6,13-14H2,2-4H3/q+1. The summed E-state index contributed by atoms with van der Waals surface area (Å²) in [6.07, 6.45) is 1.17. The predicted molar refractivity (Wildman–Crippen MR) is 119 cm³/mol. The molecule has 0 saturated carbocycles. The molecule has 0 aliphatic rings. The van der Waals surface area contributed by atoms with Crippen LogP contribution in [-0.4, -0.2) is 32.8 Å². The molecule has 0 radical (unpaired) electrons. The molecule has 0 spiro atoms. The third-order valence-corrected chi connectivity index (χ3v) is 5.72. The van der Waals surface area contributed by atoms with Gasteiger partial charge in [0.25, 0.3) is 0 Å². The topological polar surface area (TPSA) is 67.4 Å².